The van der Waals surface area contributed by atoms with Crippen LogP contribution in [-0.2, 0) is 6.54 Å². The highest BCUT2D eigenvalue weighted by atomic mass is 19.1. The van der Waals surface area contributed by atoms with Crippen LogP contribution in [0.4, 0.5) is 4.39 Å². The summed E-state index contributed by atoms with van der Waals surface area (Å²) in [4.78, 5) is 18.0. The second-order valence-corrected chi connectivity index (χ2v) is 5.00. The average molecular weight is 270 g/mol. The zero-order valence-corrected chi connectivity index (χ0v) is 11.0. The lowest BCUT2D eigenvalue weighted by Crippen LogP contribution is -2.33. The fourth-order valence-corrected chi connectivity index (χ4v) is 2.21. The van der Waals surface area contributed by atoms with Crippen molar-refractivity contribution in [3.63, 3.8) is 0 Å². The highest BCUT2D eigenvalue weighted by molar-refractivity contribution is 5.92. The quantitative estimate of drug-likeness (QED) is 0.800. The minimum Gasteiger partial charge on any atom is -0.330 e. The predicted molar refractivity (Wildman–Crippen MR) is 73.5 cm³/mol. The Morgan fingerprint density at radius 3 is 2.55 bits per heavy atom. The maximum atomic E-state index is 13.2. The Balaban J connectivity index is 1.82. The lowest BCUT2D eigenvalue weighted by Gasteiger charge is -2.22. The highest BCUT2D eigenvalue weighted by Crippen LogP contribution is 2.29. The highest BCUT2D eigenvalue weighted by Gasteiger charge is 2.33. The Bertz CT molecular complexity index is 611. The van der Waals surface area contributed by atoms with Crippen molar-refractivity contribution < 1.29 is 9.18 Å². The van der Waals surface area contributed by atoms with E-state index in [9.17, 15) is 9.18 Å². The molecule has 20 heavy (non-hydrogen) atoms. The number of nitrogens with zero attached hydrogens (tertiary/aromatic N) is 2. The zero-order valence-electron chi connectivity index (χ0n) is 11.0. The van der Waals surface area contributed by atoms with Crippen LogP contribution in [0.1, 0.15) is 28.9 Å². The van der Waals surface area contributed by atoms with Gasteiger partial charge in [-0.1, -0.05) is 36.4 Å². The number of hydrogen-bond donors (Lipinski definition) is 0. The minimum absolute atomic E-state index is 0.174. The van der Waals surface area contributed by atoms with Crippen LogP contribution in [0.5, 0.6) is 0 Å². The van der Waals surface area contributed by atoms with Gasteiger partial charge in [0.1, 0.15) is 5.69 Å². The first-order valence-electron chi connectivity index (χ1n) is 6.71. The molecule has 1 saturated carbocycles. The summed E-state index contributed by atoms with van der Waals surface area (Å²) in [5, 5.41) is 0. The first kappa shape index (κ1) is 12.8. The van der Waals surface area contributed by atoms with Crippen molar-refractivity contribution in [3.8, 4) is 0 Å². The average Bonchev–Trinajstić information content (AvgIpc) is 3.30. The molecule has 0 N–H and O–H groups in total. The largest absolute Gasteiger partial charge is 0.330 e. The van der Waals surface area contributed by atoms with Gasteiger partial charge >= 0.3 is 0 Å². The van der Waals surface area contributed by atoms with E-state index in [0.29, 0.717) is 6.54 Å². The number of rotatable bonds is 4. The number of hydrogen-bond acceptors (Lipinski definition) is 2. The number of carbonyl (C=O) groups excluding carboxylic acids is 1. The maximum absolute atomic E-state index is 13.2. The molecule has 0 atom stereocenters. The van der Waals surface area contributed by atoms with Gasteiger partial charge in [-0.3, -0.25) is 4.79 Å². The molecule has 3 nitrogen and oxygen atoms in total. The van der Waals surface area contributed by atoms with Crippen molar-refractivity contribution in [2.45, 2.75) is 25.4 Å². The second-order valence-electron chi connectivity index (χ2n) is 5.00. The van der Waals surface area contributed by atoms with Gasteiger partial charge < -0.3 is 4.90 Å². The van der Waals surface area contributed by atoms with Gasteiger partial charge in [0.2, 0.25) is 5.95 Å². The predicted octanol–water partition coefficient (Wildman–Crippen LogP) is 3.03. The van der Waals surface area contributed by atoms with Gasteiger partial charge in [0.05, 0.1) is 0 Å². The second kappa shape index (κ2) is 5.41. The van der Waals surface area contributed by atoms with E-state index in [1.165, 1.54) is 12.1 Å². The molecule has 0 saturated heterocycles. The van der Waals surface area contributed by atoms with E-state index in [1.54, 1.807) is 11.0 Å². The van der Waals surface area contributed by atoms with Crippen LogP contribution in [0.2, 0.25) is 0 Å². The van der Waals surface area contributed by atoms with Crippen molar-refractivity contribution in [1.29, 1.82) is 0 Å². The molecule has 4 heteroatoms. The Morgan fingerprint density at radius 1 is 1.15 bits per heavy atom. The van der Waals surface area contributed by atoms with Crippen LogP contribution in [0, 0.1) is 5.95 Å². The number of aromatic nitrogens is 1. The normalized spacial score (nSPS) is 14.1. The van der Waals surface area contributed by atoms with Gasteiger partial charge in [-0.05, 0) is 30.5 Å². The molecule has 1 fully saturated rings. The molecule has 1 heterocycles. The van der Waals surface area contributed by atoms with Crippen LogP contribution in [-0.4, -0.2) is 21.8 Å². The lowest BCUT2D eigenvalue weighted by atomic mass is 10.2. The number of benzene rings is 1. The van der Waals surface area contributed by atoms with E-state index in [1.807, 2.05) is 30.3 Å². The fraction of sp³-hybridized carbons (Fsp3) is 0.250. The summed E-state index contributed by atoms with van der Waals surface area (Å²) in [6.07, 6.45) is 2.02. The van der Waals surface area contributed by atoms with Crippen molar-refractivity contribution in [2.24, 2.45) is 0 Å². The molecule has 2 aromatic rings. The maximum Gasteiger partial charge on any atom is 0.273 e. The molecule has 1 aliphatic carbocycles. The van der Waals surface area contributed by atoms with Gasteiger partial charge in [0.25, 0.3) is 5.91 Å². The van der Waals surface area contributed by atoms with Gasteiger partial charge in [0, 0.05) is 12.6 Å². The summed E-state index contributed by atoms with van der Waals surface area (Å²) in [5.41, 5.74) is 1.25. The standard InChI is InChI=1S/C16H15FN2O/c17-15-8-4-7-14(18-15)16(20)19(13-9-10-13)11-12-5-2-1-3-6-12/h1-8,13H,9-11H2. The number of pyridine rings is 1. The molecule has 0 spiro atoms. The SMILES string of the molecule is O=C(c1cccc(F)n1)N(Cc1ccccc1)C1CC1. The van der Waals surface area contributed by atoms with E-state index in [0.717, 1.165) is 18.4 Å². The van der Waals surface area contributed by atoms with Crippen LogP contribution < -0.4 is 0 Å². The van der Waals surface area contributed by atoms with Crippen LogP contribution in [0.3, 0.4) is 0 Å². The first-order valence-corrected chi connectivity index (χ1v) is 6.71. The summed E-state index contributed by atoms with van der Waals surface area (Å²) in [7, 11) is 0. The van der Waals surface area contributed by atoms with Crippen molar-refractivity contribution in [3.05, 3.63) is 65.7 Å². The van der Waals surface area contributed by atoms with Crippen molar-refractivity contribution in [1.82, 2.24) is 9.88 Å². The minimum atomic E-state index is -0.619. The fourth-order valence-electron chi connectivity index (χ4n) is 2.21. The lowest BCUT2D eigenvalue weighted by molar-refractivity contribution is 0.0722. The zero-order chi connectivity index (χ0) is 13.9. The molecule has 0 aliphatic heterocycles. The molecule has 102 valence electrons. The molecule has 0 radical (unpaired) electrons. The van der Waals surface area contributed by atoms with Crippen molar-refractivity contribution in [2.75, 3.05) is 0 Å². The molecule has 0 bridgehead atoms. The number of amides is 1. The summed E-state index contributed by atoms with van der Waals surface area (Å²) in [6, 6.07) is 14.4. The molecule has 3 rings (SSSR count). The Kier molecular flexibility index (Phi) is 3.46. The van der Waals surface area contributed by atoms with Gasteiger partial charge in [0.15, 0.2) is 0 Å². The summed E-state index contributed by atoms with van der Waals surface area (Å²) >= 11 is 0. The van der Waals surface area contributed by atoms with Crippen molar-refractivity contribution >= 4 is 5.91 Å². The molecule has 0 unspecified atom stereocenters. The molecule has 1 aliphatic rings. The molecular formula is C16H15FN2O. The monoisotopic (exact) mass is 270 g/mol. The molecule has 1 amide bonds. The van der Waals surface area contributed by atoms with Gasteiger partial charge in [-0.25, -0.2) is 4.98 Å². The van der Waals surface area contributed by atoms with Gasteiger partial charge in [-0.15, -0.1) is 0 Å². The Morgan fingerprint density at radius 2 is 1.90 bits per heavy atom. The van der Waals surface area contributed by atoms with Gasteiger partial charge in [-0.2, -0.15) is 4.39 Å². The molecular weight excluding hydrogens is 255 g/mol. The smallest absolute Gasteiger partial charge is 0.273 e. The Labute approximate surface area is 117 Å². The molecule has 1 aromatic carbocycles. The van der Waals surface area contributed by atoms with E-state index in [2.05, 4.69) is 4.98 Å². The summed E-state index contributed by atoms with van der Waals surface area (Å²) in [6.45, 7) is 0.544. The van der Waals surface area contributed by atoms with E-state index < -0.39 is 5.95 Å². The molecule has 1 aromatic heterocycles. The Hall–Kier alpha value is -2.23. The number of halogens is 1. The first-order chi connectivity index (χ1) is 9.74. The van der Waals surface area contributed by atoms with E-state index in [4.69, 9.17) is 0 Å². The third-order valence-corrected chi connectivity index (χ3v) is 3.38. The van der Waals surface area contributed by atoms with E-state index in [-0.39, 0.29) is 17.6 Å². The number of carbonyl (C=O) groups is 1. The third kappa shape index (κ3) is 2.85. The topological polar surface area (TPSA) is 33.2 Å². The third-order valence-electron chi connectivity index (χ3n) is 3.38. The van der Waals surface area contributed by atoms with Crippen LogP contribution >= 0.6 is 0 Å². The van der Waals surface area contributed by atoms with Crippen LogP contribution in [0.25, 0.3) is 0 Å². The van der Waals surface area contributed by atoms with E-state index >= 15 is 0 Å². The van der Waals surface area contributed by atoms with Crippen LogP contribution in [0.15, 0.2) is 48.5 Å². The summed E-state index contributed by atoms with van der Waals surface area (Å²) < 4.78 is 13.2. The summed E-state index contributed by atoms with van der Waals surface area (Å²) in [5.74, 6) is -0.817.